The summed E-state index contributed by atoms with van der Waals surface area (Å²) in [5.41, 5.74) is -0.274. The molecule has 5 nitrogen and oxygen atoms in total. The van der Waals surface area contributed by atoms with E-state index < -0.39 is 17.5 Å². The number of imidazole rings is 1. The maximum atomic E-state index is 13.6. The number of hydrogen-bond donors (Lipinski definition) is 1. The minimum absolute atomic E-state index is 0.114. The molecule has 0 aliphatic heterocycles. The average molecular weight is 300 g/mol. The van der Waals surface area contributed by atoms with Crippen LogP contribution in [0.5, 0.6) is 0 Å². The van der Waals surface area contributed by atoms with Crippen LogP contribution in [0.25, 0.3) is 5.52 Å². The molecule has 2 aromatic rings. The molecule has 0 unspecified atom stereocenters. The molecule has 2 rings (SSSR count). The Morgan fingerprint density at radius 2 is 2.25 bits per heavy atom. The predicted molar refractivity (Wildman–Crippen MR) is 73.2 cm³/mol. The molecular weight excluding hydrogens is 285 g/mol. The van der Waals surface area contributed by atoms with Crippen molar-refractivity contribution in [2.24, 2.45) is 0 Å². The van der Waals surface area contributed by atoms with Crippen molar-refractivity contribution in [3.63, 3.8) is 0 Å². The molecule has 0 spiro atoms. The van der Waals surface area contributed by atoms with Gasteiger partial charge in [0, 0.05) is 6.20 Å². The van der Waals surface area contributed by atoms with E-state index >= 15 is 0 Å². The molecule has 0 atom stereocenters. The van der Waals surface area contributed by atoms with Gasteiger partial charge in [0.15, 0.2) is 0 Å². The van der Waals surface area contributed by atoms with Crippen LogP contribution >= 0.6 is 11.6 Å². The number of hydrogen-bond acceptors (Lipinski definition) is 3. The fourth-order valence-electron chi connectivity index (χ4n) is 1.67. The van der Waals surface area contributed by atoms with Crippen LogP contribution in [0, 0.1) is 5.82 Å². The van der Waals surface area contributed by atoms with Crippen molar-refractivity contribution < 1.29 is 13.9 Å². The summed E-state index contributed by atoms with van der Waals surface area (Å²) in [6, 6.07) is 1.21. The molecule has 0 saturated carbocycles. The van der Waals surface area contributed by atoms with Crippen LogP contribution in [-0.2, 0) is 11.3 Å². The highest BCUT2D eigenvalue weighted by Gasteiger charge is 2.16. The van der Waals surface area contributed by atoms with E-state index in [0.717, 1.165) is 0 Å². The maximum absolute atomic E-state index is 13.6. The van der Waals surface area contributed by atoms with Gasteiger partial charge in [-0.25, -0.2) is 14.2 Å². The van der Waals surface area contributed by atoms with E-state index in [2.05, 4.69) is 10.3 Å². The first kappa shape index (κ1) is 14.6. The van der Waals surface area contributed by atoms with Crippen LogP contribution in [0.3, 0.4) is 0 Å². The highest BCUT2D eigenvalue weighted by atomic mass is 35.5. The summed E-state index contributed by atoms with van der Waals surface area (Å²) in [4.78, 5) is 15.6. The Kier molecular flexibility index (Phi) is 3.85. The second-order valence-electron chi connectivity index (χ2n) is 5.29. The Labute approximate surface area is 120 Å². The normalized spacial score (nSPS) is 11.7. The van der Waals surface area contributed by atoms with Gasteiger partial charge in [-0.3, -0.25) is 4.40 Å². The summed E-state index contributed by atoms with van der Waals surface area (Å²) in [6.07, 6.45) is 2.37. The third-order valence-electron chi connectivity index (χ3n) is 2.42. The number of alkyl carbamates (subject to hydrolysis) is 1. The lowest BCUT2D eigenvalue weighted by molar-refractivity contribution is 0.0522. The van der Waals surface area contributed by atoms with Crippen LogP contribution in [0.15, 0.2) is 18.5 Å². The predicted octanol–water partition coefficient (Wildman–Crippen LogP) is 3.15. The molecule has 1 N–H and O–H groups in total. The molecular formula is C13H15ClFN3O2. The Morgan fingerprint density at radius 3 is 2.90 bits per heavy atom. The fraction of sp³-hybridized carbons (Fsp3) is 0.385. The molecule has 2 aromatic heterocycles. The lowest BCUT2D eigenvalue weighted by Crippen LogP contribution is -2.32. The number of fused-ring (bicyclic) bond motifs is 1. The number of nitrogens with zero attached hydrogens (tertiary/aromatic N) is 2. The van der Waals surface area contributed by atoms with Crippen molar-refractivity contribution in [1.82, 2.24) is 14.7 Å². The van der Waals surface area contributed by atoms with Crippen LogP contribution in [0.2, 0.25) is 5.02 Å². The zero-order chi connectivity index (χ0) is 14.9. The first-order valence-electron chi connectivity index (χ1n) is 6.04. The van der Waals surface area contributed by atoms with Gasteiger partial charge in [-0.05, 0) is 26.8 Å². The Bertz CT molecular complexity index is 649. The second kappa shape index (κ2) is 5.28. The molecule has 0 bridgehead atoms. The molecule has 0 fully saturated rings. The van der Waals surface area contributed by atoms with Crippen molar-refractivity contribution in [2.45, 2.75) is 32.9 Å². The van der Waals surface area contributed by atoms with Gasteiger partial charge >= 0.3 is 6.09 Å². The molecule has 0 aromatic carbocycles. The smallest absolute Gasteiger partial charge is 0.408 e. The second-order valence-corrected chi connectivity index (χ2v) is 5.73. The van der Waals surface area contributed by atoms with Crippen molar-refractivity contribution in [3.8, 4) is 0 Å². The van der Waals surface area contributed by atoms with Crippen molar-refractivity contribution in [1.29, 1.82) is 0 Å². The van der Waals surface area contributed by atoms with Crippen LogP contribution < -0.4 is 5.32 Å². The molecule has 108 valence electrons. The van der Waals surface area contributed by atoms with Gasteiger partial charge < -0.3 is 10.1 Å². The van der Waals surface area contributed by atoms with Crippen LogP contribution in [0.4, 0.5) is 9.18 Å². The number of aromatic nitrogens is 2. The van der Waals surface area contributed by atoms with Gasteiger partial charge in [-0.15, -0.1) is 0 Å². The summed E-state index contributed by atoms with van der Waals surface area (Å²) in [6.45, 7) is 5.43. The number of halogens is 2. The number of nitrogens with one attached hydrogen (secondary N) is 1. The third kappa shape index (κ3) is 3.39. The van der Waals surface area contributed by atoms with E-state index in [1.54, 1.807) is 27.0 Å². The average Bonchev–Trinajstić information content (AvgIpc) is 2.67. The van der Waals surface area contributed by atoms with E-state index in [1.165, 1.54) is 16.7 Å². The third-order valence-corrected chi connectivity index (χ3v) is 2.63. The van der Waals surface area contributed by atoms with E-state index in [4.69, 9.17) is 16.3 Å². The van der Waals surface area contributed by atoms with E-state index in [-0.39, 0.29) is 11.6 Å². The minimum Gasteiger partial charge on any atom is -0.444 e. The summed E-state index contributed by atoms with van der Waals surface area (Å²) >= 11 is 5.80. The summed E-state index contributed by atoms with van der Waals surface area (Å²) in [7, 11) is 0. The molecule has 1 amide bonds. The monoisotopic (exact) mass is 299 g/mol. The van der Waals surface area contributed by atoms with E-state index in [9.17, 15) is 9.18 Å². The standard InChI is InChI=1S/C13H15ClFN3O2/c1-13(2,3)20-12(19)17-6-11-16-5-10-9(15)4-8(14)7-18(10)11/h4-5,7H,6H2,1-3H3,(H,17,19). The summed E-state index contributed by atoms with van der Waals surface area (Å²) in [5.74, 6) is 0.000720. The molecule has 7 heteroatoms. The quantitative estimate of drug-likeness (QED) is 0.927. The zero-order valence-corrected chi connectivity index (χ0v) is 12.2. The topological polar surface area (TPSA) is 55.6 Å². The Hall–Kier alpha value is -1.82. The van der Waals surface area contributed by atoms with Crippen molar-refractivity contribution in [3.05, 3.63) is 35.1 Å². The number of ether oxygens (including phenoxy) is 1. The fourth-order valence-corrected chi connectivity index (χ4v) is 1.87. The molecule has 0 saturated heterocycles. The van der Waals surface area contributed by atoms with Gasteiger partial charge in [-0.2, -0.15) is 0 Å². The summed E-state index contributed by atoms with van der Waals surface area (Å²) in [5, 5.41) is 2.82. The van der Waals surface area contributed by atoms with Crippen LogP contribution in [-0.4, -0.2) is 21.1 Å². The Balaban J connectivity index is 2.13. The van der Waals surface area contributed by atoms with Crippen molar-refractivity contribution >= 4 is 23.2 Å². The molecule has 0 aliphatic rings. The van der Waals surface area contributed by atoms with Gasteiger partial charge in [0.25, 0.3) is 0 Å². The minimum atomic E-state index is -0.575. The van der Waals surface area contributed by atoms with Gasteiger partial charge in [0.2, 0.25) is 0 Å². The highest BCUT2D eigenvalue weighted by molar-refractivity contribution is 6.30. The lowest BCUT2D eigenvalue weighted by Gasteiger charge is -2.19. The molecule has 20 heavy (non-hydrogen) atoms. The lowest BCUT2D eigenvalue weighted by atomic mass is 10.2. The first-order valence-corrected chi connectivity index (χ1v) is 6.42. The Morgan fingerprint density at radius 1 is 1.55 bits per heavy atom. The molecule has 0 radical (unpaired) electrons. The molecule has 2 heterocycles. The number of carbonyl (C=O) groups excluding carboxylic acids is 1. The van der Waals surface area contributed by atoms with Gasteiger partial charge in [0.05, 0.1) is 17.8 Å². The summed E-state index contributed by atoms with van der Waals surface area (Å²) < 4.78 is 20.2. The maximum Gasteiger partial charge on any atom is 0.408 e. The first-order chi connectivity index (χ1) is 9.26. The van der Waals surface area contributed by atoms with Gasteiger partial charge in [-0.1, -0.05) is 11.6 Å². The highest BCUT2D eigenvalue weighted by Crippen LogP contribution is 2.17. The number of pyridine rings is 1. The number of rotatable bonds is 2. The van der Waals surface area contributed by atoms with E-state index in [1.807, 2.05) is 0 Å². The number of carbonyl (C=O) groups is 1. The molecule has 0 aliphatic carbocycles. The van der Waals surface area contributed by atoms with E-state index in [0.29, 0.717) is 11.3 Å². The van der Waals surface area contributed by atoms with Crippen molar-refractivity contribution in [2.75, 3.05) is 0 Å². The SMILES string of the molecule is CC(C)(C)OC(=O)NCc1ncc2c(F)cc(Cl)cn12. The number of amides is 1. The zero-order valence-electron chi connectivity index (χ0n) is 11.4. The van der Waals surface area contributed by atoms with Crippen LogP contribution in [0.1, 0.15) is 26.6 Å². The van der Waals surface area contributed by atoms with Gasteiger partial charge in [0.1, 0.15) is 22.8 Å². The largest absolute Gasteiger partial charge is 0.444 e.